The van der Waals surface area contributed by atoms with Crippen LogP contribution in [0.4, 0.5) is 11.4 Å². The number of hydrogen-bond donors (Lipinski definition) is 2. The Morgan fingerprint density at radius 2 is 1.65 bits per heavy atom. The van der Waals surface area contributed by atoms with Crippen molar-refractivity contribution in [2.75, 3.05) is 23.3 Å². The maximum Gasteiger partial charge on any atom is 0.318 e. The third-order valence-electron chi connectivity index (χ3n) is 3.36. The molecule has 1 aromatic carbocycles. The van der Waals surface area contributed by atoms with Crippen LogP contribution in [0.25, 0.3) is 0 Å². The zero-order valence-electron chi connectivity index (χ0n) is 12.4. The zero-order chi connectivity index (χ0) is 15.3. The van der Waals surface area contributed by atoms with Crippen LogP contribution in [0.1, 0.15) is 27.7 Å². The lowest BCUT2D eigenvalue weighted by molar-refractivity contribution is -0.151. The van der Waals surface area contributed by atoms with Crippen molar-refractivity contribution >= 4 is 23.3 Å². The topological polar surface area (TPSA) is 69.6 Å². The minimum atomic E-state index is -1.45. The fourth-order valence-electron chi connectivity index (χ4n) is 1.73. The number of carboxylic acid groups (broad SMARTS) is 1. The highest BCUT2D eigenvalue weighted by molar-refractivity contribution is 6.07. The number of amides is 1. The van der Waals surface area contributed by atoms with Crippen molar-refractivity contribution in [3.63, 3.8) is 0 Å². The summed E-state index contributed by atoms with van der Waals surface area (Å²) in [6, 6.07) is 7.39. The summed E-state index contributed by atoms with van der Waals surface area (Å²) < 4.78 is 0. The number of carbonyl (C=O) groups excluding carboxylic acids is 1. The number of aliphatic carboxylic acids is 1. The van der Waals surface area contributed by atoms with Gasteiger partial charge < -0.3 is 15.3 Å². The van der Waals surface area contributed by atoms with Gasteiger partial charge >= 0.3 is 5.97 Å². The molecule has 2 N–H and O–H groups in total. The SMILES string of the molecule is CCN(CC)c1ccc(NC(=O)C(C)(C)C(=O)O)cc1. The van der Waals surface area contributed by atoms with Gasteiger partial charge in [-0.1, -0.05) is 0 Å². The van der Waals surface area contributed by atoms with Gasteiger partial charge in [0.15, 0.2) is 0 Å². The number of carbonyl (C=O) groups is 2. The molecule has 0 aliphatic carbocycles. The summed E-state index contributed by atoms with van der Waals surface area (Å²) in [7, 11) is 0. The van der Waals surface area contributed by atoms with Crippen LogP contribution in [0, 0.1) is 5.41 Å². The van der Waals surface area contributed by atoms with Crippen molar-refractivity contribution < 1.29 is 14.7 Å². The number of nitrogens with zero attached hydrogens (tertiary/aromatic N) is 1. The Morgan fingerprint density at radius 1 is 1.15 bits per heavy atom. The first-order valence-electron chi connectivity index (χ1n) is 6.72. The molecule has 1 aromatic rings. The molecule has 0 saturated carbocycles. The van der Waals surface area contributed by atoms with E-state index in [0.717, 1.165) is 18.8 Å². The molecule has 0 aliphatic rings. The second-order valence-electron chi connectivity index (χ2n) is 5.10. The smallest absolute Gasteiger partial charge is 0.318 e. The minimum Gasteiger partial charge on any atom is -0.480 e. The lowest BCUT2D eigenvalue weighted by atomic mass is 9.92. The van der Waals surface area contributed by atoms with E-state index in [1.807, 2.05) is 12.1 Å². The molecule has 0 aliphatic heterocycles. The van der Waals surface area contributed by atoms with Crippen LogP contribution in [0.15, 0.2) is 24.3 Å². The molecule has 0 radical (unpaired) electrons. The summed E-state index contributed by atoms with van der Waals surface area (Å²) in [5.41, 5.74) is 0.225. The molecule has 20 heavy (non-hydrogen) atoms. The molecule has 0 unspecified atom stereocenters. The van der Waals surface area contributed by atoms with Crippen LogP contribution < -0.4 is 10.2 Å². The highest BCUT2D eigenvalue weighted by Crippen LogP contribution is 2.21. The lowest BCUT2D eigenvalue weighted by Gasteiger charge is -2.22. The summed E-state index contributed by atoms with van der Waals surface area (Å²) in [6.07, 6.45) is 0. The second-order valence-corrected chi connectivity index (χ2v) is 5.10. The van der Waals surface area contributed by atoms with Gasteiger partial charge in [-0.2, -0.15) is 0 Å². The van der Waals surface area contributed by atoms with Gasteiger partial charge in [-0.05, 0) is 52.0 Å². The molecular formula is C15H22N2O3. The monoisotopic (exact) mass is 278 g/mol. The predicted octanol–water partition coefficient (Wildman–Crippen LogP) is 2.58. The van der Waals surface area contributed by atoms with E-state index >= 15 is 0 Å². The van der Waals surface area contributed by atoms with E-state index < -0.39 is 17.3 Å². The molecule has 0 aromatic heterocycles. The van der Waals surface area contributed by atoms with Gasteiger partial charge in [0.1, 0.15) is 5.41 Å². The Hall–Kier alpha value is -2.04. The summed E-state index contributed by atoms with van der Waals surface area (Å²) in [5, 5.41) is 11.6. The first-order chi connectivity index (χ1) is 9.32. The van der Waals surface area contributed by atoms with Gasteiger partial charge in [0.2, 0.25) is 5.91 Å². The molecule has 0 saturated heterocycles. The van der Waals surface area contributed by atoms with E-state index in [-0.39, 0.29) is 0 Å². The Morgan fingerprint density at radius 3 is 2.05 bits per heavy atom. The standard InChI is InChI=1S/C15H22N2O3/c1-5-17(6-2)12-9-7-11(8-10-12)16-13(18)15(3,4)14(19)20/h7-10H,5-6H2,1-4H3,(H,16,18)(H,19,20). The van der Waals surface area contributed by atoms with Gasteiger partial charge in [-0.25, -0.2) is 0 Å². The number of hydrogen-bond acceptors (Lipinski definition) is 3. The summed E-state index contributed by atoms with van der Waals surface area (Å²) in [5.74, 6) is -1.67. The van der Waals surface area contributed by atoms with Gasteiger partial charge in [0, 0.05) is 24.5 Å². The summed E-state index contributed by atoms with van der Waals surface area (Å²) in [4.78, 5) is 25.1. The van der Waals surface area contributed by atoms with Crippen molar-refractivity contribution in [1.29, 1.82) is 0 Å². The highest BCUT2D eigenvalue weighted by atomic mass is 16.4. The normalized spacial score (nSPS) is 11.0. The third-order valence-corrected chi connectivity index (χ3v) is 3.36. The van der Waals surface area contributed by atoms with Crippen molar-refractivity contribution in [3.05, 3.63) is 24.3 Å². The van der Waals surface area contributed by atoms with Gasteiger partial charge in [-0.15, -0.1) is 0 Å². The number of carboxylic acids is 1. The molecule has 0 heterocycles. The molecule has 5 nitrogen and oxygen atoms in total. The third kappa shape index (κ3) is 3.50. The van der Waals surface area contributed by atoms with E-state index in [0.29, 0.717) is 5.69 Å². The predicted molar refractivity (Wildman–Crippen MR) is 80.0 cm³/mol. The van der Waals surface area contributed by atoms with Crippen LogP contribution >= 0.6 is 0 Å². The van der Waals surface area contributed by atoms with Crippen molar-refractivity contribution in [2.45, 2.75) is 27.7 Å². The first kappa shape index (κ1) is 16.0. The first-order valence-corrected chi connectivity index (χ1v) is 6.72. The van der Waals surface area contributed by atoms with Gasteiger partial charge in [0.25, 0.3) is 0 Å². The fraction of sp³-hybridized carbons (Fsp3) is 0.467. The average molecular weight is 278 g/mol. The maximum atomic E-state index is 11.9. The van der Waals surface area contributed by atoms with Crippen LogP contribution in [0.2, 0.25) is 0 Å². The second kappa shape index (κ2) is 6.41. The van der Waals surface area contributed by atoms with Crippen LogP contribution in [-0.4, -0.2) is 30.1 Å². The van der Waals surface area contributed by atoms with Gasteiger partial charge in [0.05, 0.1) is 0 Å². The minimum absolute atomic E-state index is 0.527. The van der Waals surface area contributed by atoms with E-state index in [4.69, 9.17) is 5.11 Å². The number of benzene rings is 1. The molecule has 0 bridgehead atoms. The van der Waals surface area contributed by atoms with Crippen LogP contribution in [0.5, 0.6) is 0 Å². The molecule has 5 heteroatoms. The molecule has 110 valence electrons. The van der Waals surface area contributed by atoms with E-state index in [1.165, 1.54) is 13.8 Å². The maximum absolute atomic E-state index is 11.9. The molecule has 0 spiro atoms. The molecular weight excluding hydrogens is 256 g/mol. The molecule has 1 rings (SSSR count). The van der Waals surface area contributed by atoms with Crippen molar-refractivity contribution in [1.82, 2.24) is 0 Å². The number of anilines is 2. The Balaban J connectivity index is 2.80. The van der Waals surface area contributed by atoms with Crippen molar-refractivity contribution in [3.8, 4) is 0 Å². The van der Waals surface area contributed by atoms with E-state index in [2.05, 4.69) is 24.1 Å². The average Bonchev–Trinajstić information content (AvgIpc) is 2.41. The zero-order valence-corrected chi connectivity index (χ0v) is 12.4. The largest absolute Gasteiger partial charge is 0.480 e. The quantitative estimate of drug-likeness (QED) is 0.785. The number of rotatable bonds is 6. The summed E-state index contributed by atoms with van der Waals surface area (Å²) >= 11 is 0. The number of nitrogens with one attached hydrogen (secondary N) is 1. The van der Waals surface area contributed by atoms with E-state index in [9.17, 15) is 9.59 Å². The lowest BCUT2D eigenvalue weighted by Crippen LogP contribution is -2.37. The van der Waals surface area contributed by atoms with Gasteiger partial charge in [-0.3, -0.25) is 9.59 Å². The van der Waals surface area contributed by atoms with Crippen LogP contribution in [0.3, 0.4) is 0 Å². The Kier molecular flexibility index (Phi) is 5.13. The highest BCUT2D eigenvalue weighted by Gasteiger charge is 2.35. The van der Waals surface area contributed by atoms with Crippen LogP contribution in [-0.2, 0) is 9.59 Å². The Bertz CT molecular complexity index is 476. The molecule has 1 amide bonds. The van der Waals surface area contributed by atoms with E-state index in [1.54, 1.807) is 12.1 Å². The Labute approximate surface area is 119 Å². The molecule has 0 fully saturated rings. The summed E-state index contributed by atoms with van der Waals surface area (Å²) in [6.45, 7) is 8.75. The molecule has 0 atom stereocenters. The van der Waals surface area contributed by atoms with Crippen molar-refractivity contribution in [2.24, 2.45) is 5.41 Å². The fourth-order valence-corrected chi connectivity index (χ4v) is 1.73.